The summed E-state index contributed by atoms with van der Waals surface area (Å²) in [7, 11) is 0. The maximum Gasteiger partial charge on any atom is 0.396 e. The van der Waals surface area contributed by atoms with Crippen molar-refractivity contribution in [3.63, 3.8) is 0 Å². The lowest BCUT2D eigenvalue weighted by Gasteiger charge is -2.17. The van der Waals surface area contributed by atoms with E-state index < -0.39 is 11.9 Å². The van der Waals surface area contributed by atoms with E-state index >= 15 is 0 Å². The number of fused-ring (bicyclic) bond motifs is 1. The number of para-hydroxylation sites is 1. The van der Waals surface area contributed by atoms with Gasteiger partial charge < -0.3 is 14.8 Å². The van der Waals surface area contributed by atoms with E-state index in [0.29, 0.717) is 6.61 Å². The van der Waals surface area contributed by atoms with E-state index in [2.05, 4.69) is 10.1 Å². The topological polar surface area (TPSA) is 64.6 Å². The zero-order chi connectivity index (χ0) is 13.7. The van der Waals surface area contributed by atoms with E-state index in [-0.39, 0.29) is 12.6 Å². The third-order valence-electron chi connectivity index (χ3n) is 2.96. The predicted octanol–water partition coefficient (Wildman–Crippen LogP) is 1.58. The van der Waals surface area contributed by atoms with Crippen LogP contribution in [-0.4, -0.2) is 25.1 Å². The summed E-state index contributed by atoms with van der Waals surface area (Å²) in [5.74, 6) is -0.789. The lowest BCUT2D eigenvalue weighted by atomic mass is 10.0. The molecule has 2 rings (SSSR count). The molecule has 5 heteroatoms. The highest BCUT2D eigenvalue weighted by Crippen LogP contribution is 2.30. The van der Waals surface area contributed by atoms with Crippen molar-refractivity contribution in [2.75, 3.05) is 13.2 Å². The van der Waals surface area contributed by atoms with Crippen LogP contribution in [-0.2, 0) is 14.3 Å². The van der Waals surface area contributed by atoms with Crippen molar-refractivity contribution < 1.29 is 19.1 Å². The normalized spacial score (nSPS) is 17.6. The maximum absolute atomic E-state index is 11.7. The van der Waals surface area contributed by atoms with E-state index in [9.17, 15) is 9.59 Å². The van der Waals surface area contributed by atoms with Crippen LogP contribution in [0, 0.1) is 0 Å². The predicted molar refractivity (Wildman–Crippen MR) is 68.7 cm³/mol. The number of nitrogens with one attached hydrogen (secondary N) is 1. The van der Waals surface area contributed by atoms with E-state index in [1.807, 2.05) is 24.3 Å². The monoisotopic (exact) mass is 263 g/mol. The van der Waals surface area contributed by atoms with Crippen molar-refractivity contribution in [2.24, 2.45) is 0 Å². The Hall–Kier alpha value is -2.04. The number of esters is 1. The maximum atomic E-state index is 11.7. The molecule has 0 bridgehead atoms. The Labute approximate surface area is 111 Å². The van der Waals surface area contributed by atoms with Crippen molar-refractivity contribution in [2.45, 2.75) is 25.8 Å². The molecule has 19 heavy (non-hydrogen) atoms. The Morgan fingerprint density at radius 2 is 2.21 bits per heavy atom. The number of benzene rings is 1. The highest BCUT2D eigenvalue weighted by Gasteiger charge is 2.24. The summed E-state index contributed by atoms with van der Waals surface area (Å²) in [6, 6.07) is 7.32. The van der Waals surface area contributed by atoms with Gasteiger partial charge >= 0.3 is 11.9 Å². The quantitative estimate of drug-likeness (QED) is 0.650. The molecule has 102 valence electrons. The smallest absolute Gasteiger partial charge is 0.396 e. The minimum absolute atomic E-state index is 0.191. The Bertz CT molecular complexity index is 472. The molecule has 1 aromatic rings. The van der Waals surface area contributed by atoms with E-state index in [0.717, 1.165) is 24.2 Å². The van der Waals surface area contributed by atoms with E-state index in [4.69, 9.17) is 4.74 Å². The first-order valence-corrected chi connectivity index (χ1v) is 6.41. The summed E-state index contributed by atoms with van der Waals surface area (Å²) in [6.07, 6.45) is 1.56. The van der Waals surface area contributed by atoms with Gasteiger partial charge in [-0.05, 0) is 25.8 Å². The van der Waals surface area contributed by atoms with E-state index in [1.54, 1.807) is 6.92 Å². The van der Waals surface area contributed by atoms with E-state index in [1.165, 1.54) is 0 Å². The Kier molecular flexibility index (Phi) is 4.39. The van der Waals surface area contributed by atoms with Crippen LogP contribution in [0.1, 0.15) is 31.4 Å². The number of amides is 1. The van der Waals surface area contributed by atoms with Gasteiger partial charge in [-0.2, -0.15) is 0 Å². The van der Waals surface area contributed by atoms with Gasteiger partial charge in [0.05, 0.1) is 19.3 Å². The lowest BCUT2D eigenvalue weighted by molar-refractivity contribution is -0.154. The summed E-state index contributed by atoms with van der Waals surface area (Å²) in [5, 5.41) is 2.71. The van der Waals surface area contributed by atoms with Gasteiger partial charge in [-0.15, -0.1) is 0 Å². The molecule has 1 aliphatic heterocycles. The first kappa shape index (κ1) is 13.4. The molecular formula is C14H17NO4. The van der Waals surface area contributed by atoms with Crippen molar-refractivity contribution in [1.29, 1.82) is 0 Å². The standard InChI is InChI=1S/C14H17NO4/c1-2-18-14(17)13(16)15-11-7-5-9-19-12-8-4-3-6-10(11)12/h3-4,6,8,11H,2,5,7,9H2,1H3,(H,15,16). The zero-order valence-corrected chi connectivity index (χ0v) is 10.8. The van der Waals surface area contributed by atoms with Crippen LogP contribution in [0.4, 0.5) is 0 Å². The highest BCUT2D eigenvalue weighted by atomic mass is 16.5. The van der Waals surface area contributed by atoms with Crippen LogP contribution in [0.2, 0.25) is 0 Å². The second kappa shape index (κ2) is 6.22. The number of carbonyl (C=O) groups is 2. The molecule has 0 aromatic heterocycles. The molecule has 1 aliphatic rings. The third-order valence-corrected chi connectivity index (χ3v) is 2.96. The molecule has 0 spiro atoms. The molecule has 1 N–H and O–H groups in total. The van der Waals surface area contributed by atoms with Crippen molar-refractivity contribution in [3.8, 4) is 5.75 Å². The molecule has 5 nitrogen and oxygen atoms in total. The summed E-state index contributed by atoms with van der Waals surface area (Å²) < 4.78 is 10.3. The molecule has 1 atom stereocenters. The van der Waals surface area contributed by atoms with Gasteiger partial charge in [-0.25, -0.2) is 4.79 Å². The molecule has 1 aromatic carbocycles. The number of ether oxygens (including phenoxy) is 2. The van der Waals surface area contributed by atoms with Crippen LogP contribution >= 0.6 is 0 Å². The van der Waals surface area contributed by atoms with Crippen molar-refractivity contribution in [3.05, 3.63) is 29.8 Å². The van der Waals surface area contributed by atoms with Crippen molar-refractivity contribution >= 4 is 11.9 Å². The van der Waals surface area contributed by atoms with Crippen LogP contribution in [0.15, 0.2) is 24.3 Å². The average Bonchev–Trinajstić information content (AvgIpc) is 2.62. The fourth-order valence-corrected chi connectivity index (χ4v) is 2.09. The van der Waals surface area contributed by atoms with Gasteiger partial charge in [0.1, 0.15) is 5.75 Å². The van der Waals surface area contributed by atoms with Gasteiger partial charge in [0.25, 0.3) is 0 Å². The SMILES string of the molecule is CCOC(=O)C(=O)NC1CCCOc2ccccc21. The second-order valence-electron chi connectivity index (χ2n) is 4.28. The first-order valence-electron chi connectivity index (χ1n) is 6.41. The largest absolute Gasteiger partial charge is 0.493 e. The molecule has 0 saturated carbocycles. The highest BCUT2D eigenvalue weighted by molar-refractivity contribution is 6.32. The van der Waals surface area contributed by atoms with Gasteiger partial charge in [-0.3, -0.25) is 4.79 Å². The molecule has 1 unspecified atom stereocenters. The second-order valence-corrected chi connectivity index (χ2v) is 4.28. The fraction of sp³-hybridized carbons (Fsp3) is 0.429. The van der Waals surface area contributed by atoms with Gasteiger partial charge in [0.15, 0.2) is 0 Å². The number of carbonyl (C=O) groups excluding carboxylic acids is 2. The minimum Gasteiger partial charge on any atom is -0.493 e. The number of hydrogen-bond acceptors (Lipinski definition) is 4. The first-order chi connectivity index (χ1) is 9.22. The molecule has 1 heterocycles. The zero-order valence-electron chi connectivity index (χ0n) is 10.8. The molecule has 0 saturated heterocycles. The van der Waals surface area contributed by atoms with Gasteiger partial charge in [0.2, 0.25) is 0 Å². The van der Waals surface area contributed by atoms with Crippen LogP contribution < -0.4 is 10.1 Å². The number of hydrogen-bond donors (Lipinski definition) is 1. The Morgan fingerprint density at radius 3 is 3.00 bits per heavy atom. The average molecular weight is 263 g/mol. The van der Waals surface area contributed by atoms with Crippen LogP contribution in [0.3, 0.4) is 0 Å². The molecule has 0 radical (unpaired) electrons. The molecule has 0 aliphatic carbocycles. The van der Waals surface area contributed by atoms with Crippen LogP contribution in [0.5, 0.6) is 5.75 Å². The third kappa shape index (κ3) is 3.24. The van der Waals surface area contributed by atoms with Gasteiger partial charge in [0, 0.05) is 5.56 Å². The molecule has 1 amide bonds. The minimum atomic E-state index is -0.842. The summed E-state index contributed by atoms with van der Waals surface area (Å²) in [6.45, 7) is 2.47. The Balaban J connectivity index is 2.12. The molecular weight excluding hydrogens is 246 g/mol. The lowest BCUT2D eigenvalue weighted by Crippen LogP contribution is -2.35. The fourth-order valence-electron chi connectivity index (χ4n) is 2.09. The summed E-state index contributed by atoms with van der Waals surface area (Å²) in [4.78, 5) is 23.0. The summed E-state index contributed by atoms with van der Waals surface area (Å²) >= 11 is 0. The van der Waals surface area contributed by atoms with Crippen molar-refractivity contribution in [1.82, 2.24) is 5.32 Å². The number of rotatable bonds is 2. The van der Waals surface area contributed by atoms with Crippen LogP contribution in [0.25, 0.3) is 0 Å². The molecule has 0 fully saturated rings. The summed E-state index contributed by atoms with van der Waals surface area (Å²) in [5.41, 5.74) is 0.901. The van der Waals surface area contributed by atoms with Gasteiger partial charge in [-0.1, -0.05) is 18.2 Å². The Morgan fingerprint density at radius 1 is 1.42 bits per heavy atom.